The summed E-state index contributed by atoms with van der Waals surface area (Å²) in [6.07, 6.45) is 0. The van der Waals surface area contributed by atoms with E-state index < -0.39 is 20.2 Å². The van der Waals surface area contributed by atoms with Crippen molar-refractivity contribution >= 4 is 21.4 Å². The molecule has 0 heterocycles. The lowest BCUT2D eigenvalue weighted by atomic mass is 10.2. The molecule has 0 aliphatic rings. The molecule has 0 aliphatic carbocycles. The van der Waals surface area contributed by atoms with Crippen molar-refractivity contribution in [3.05, 3.63) is 33.9 Å². The Morgan fingerprint density at radius 1 is 1.50 bits per heavy atom. The largest absolute Gasteiger partial charge is 0.282 e. The van der Waals surface area contributed by atoms with Crippen molar-refractivity contribution in [3.8, 4) is 6.07 Å². The summed E-state index contributed by atoms with van der Waals surface area (Å²) >= 11 is 0. The highest BCUT2D eigenvalue weighted by molar-refractivity contribution is 7.93. The molecule has 0 bridgehead atoms. The highest BCUT2D eigenvalue weighted by atomic mass is 32.2. The van der Waals surface area contributed by atoms with E-state index in [1.54, 1.807) is 13.0 Å². The van der Waals surface area contributed by atoms with Crippen LogP contribution in [0.2, 0.25) is 0 Å². The first-order chi connectivity index (χ1) is 8.27. The number of nitrogens with zero attached hydrogens (tertiary/aromatic N) is 2. The number of non-ortho nitro benzene ring substituents is 1. The van der Waals surface area contributed by atoms with Crippen LogP contribution in [0.25, 0.3) is 0 Å². The van der Waals surface area contributed by atoms with Crippen molar-refractivity contribution in [1.82, 2.24) is 0 Å². The quantitative estimate of drug-likeness (QED) is 0.658. The molecule has 96 valence electrons. The van der Waals surface area contributed by atoms with Crippen LogP contribution in [0.5, 0.6) is 0 Å². The molecular weight excluding hydrogens is 258 g/mol. The van der Waals surface area contributed by atoms with Gasteiger partial charge in [0.25, 0.3) is 5.69 Å². The Hall–Kier alpha value is -2.14. The van der Waals surface area contributed by atoms with Gasteiger partial charge in [0, 0.05) is 12.1 Å². The number of sulfonamides is 1. The van der Waals surface area contributed by atoms with Gasteiger partial charge in [0.2, 0.25) is 10.0 Å². The van der Waals surface area contributed by atoms with Gasteiger partial charge in [0.05, 0.1) is 16.7 Å². The van der Waals surface area contributed by atoms with Gasteiger partial charge in [-0.2, -0.15) is 5.26 Å². The van der Waals surface area contributed by atoms with Crippen LogP contribution in [0.15, 0.2) is 18.2 Å². The Bertz CT molecular complexity index is 619. The molecule has 0 saturated heterocycles. The van der Waals surface area contributed by atoms with Crippen molar-refractivity contribution < 1.29 is 13.3 Å². The maximum Gasteiger partial charge on any atom is 0.269 e. The van der Waals surface area contributed by atoms with Crippen LogP contribution in [0.4, 0.5) is 11.4 Å². The zero-order valence-electron chi connectivity index (χ0n) is 9.75. The molecule has 1 atom stereocenters. The van der Waals surface area contributed by atoms with E-state index in [1.807, 2.05) is 0 Å². The molecule has 1 rings (SSSR count). The third-order valence-corrected chi connectivity index (χ3v) is 3.86. The van der Waals surface area contributed by atoms with Gasteiger partial charge in [-0.05, 0) is 25.5 Å². The first kappa shape index (κ1) is 13.9. The fourth-order valence-corrected chi connectivity index (χ4v) is 2.04. The summed E-state index contributed by atoms with van der Waals surface area (Å²) in [5, 5.41) is 17.9. The second-order valence-corrected chi connectivity index (χ2v) is 5.68. The summed E-state index contributed by atoms with van der Waals surface area (Å²) in [6, 6.07) is 5.37. The number of nitro groups is 1. The van der Waals surface area contributed by atoms with Gasteiger partial charge in [-0.15, -0.1) is 0 Å². The Labute approximate surface area is 104 Å². The molecule has 1 aromatic rings. The van der Waals surface area contributed by atoms with Crippen LogP contribution in [0, 0.1) is 28.4 Å². The second kappa shape index (κ2) is 5.01. The summed E-state index contributed by atoms with van der Waals surface area (Å²) in [5.41, 5.74) is 0.518. The molecular formula is C10H11N3O4S. The molecule has 0 amide bonds. The van der Waals surface area contributed by atoms with Crippen LogP contribution < -0.4 is 4.72 Å². The fraction of sp³-hybridized carbons (Fsp3) is 0.300. The standard InChI is InChI=1S/C10H11N3O4S/c1-7-5-9(13(14)15)3-4-10(7)12-18(16,17)8(2)6-11/h3-5,8,12H,1-2H3. The molecule has 0 saturated carbocycles. The number of anilines is 1. The number of rotatable bonds is 4. The molecule has 7 nitrogen and oxygen atoms in total. The minimum atomic E-state index is -3.80. The summed E-state index contributed by atoms with van der Waals surface area (Å²) in [4.78, 5) is 9.96. The first-order valence-corrected chi connectivity index (χ1v) is 6.49. The number of benzene rings is 1. The van der Waals surface area contributed by atoms with Gasteiger partial charge in [-0.3, -0.25) is 14.8 Å². The topological polar surface area (TPSA) is 113 Å². The van der Waals surface area contributed by atoms with E-state index in [9.17, 15) is 18.5 Å². The van der Waals surface area contributed by atoms with Crippen LogP contribution in [0.3, 0.4) is 0 Å². The number of aryl methyl sites for hydroxylation is 1. The number of nitriles is 1. The van der Waals surface area contributed by atoms with E-state index in [2.05, 4.69) is 4.72 Å². The first-order valence-electron chi connectivity index (χ1n) is 4.94. The molecule has 1 unspecified atom stereocenters. The molecule has 0 spiro atoms. The zero-order valence-corrected chi connectivity index (χ0v) is 10.6. The van der Waals surface area contributed by atoms with Crippen molar-refractivity contribution in [2.45, 2.75) is 19.1 Å². The molecule has 0 fully saturated rings. The van der Waals surface area contributed by atoms with E-state index in [4.69, 9.17) is 5.26 Å². The Morgan fingerprint density at radius 2 is 2.11 bits per heavy atom. The highest BCUT2D eigenvalue weighted by Crippen LogP contribution is 2.22. The van der Waals surface area contributed by atoms with Crippen molar-refractivity contribution in [3.63, 3.8) is 0 Å². The number of nitrogens with one attached hydrogen (secondary N) is 1. The summed E-state index contributed by atoms with van der Waals surface area (Å²) in [6.45, 7) is 2.80. The molecule has 18 heavy (non-hydrogen) atoms. The van der Waals surface area contributed by atoms with Crippen LogP contribution in [-0.4, -0.2) is 18.6 Å². The molecule has 0 aromatic heterocycles. The smallest absolute Gasteiger partial charge is 0.269 e. The number of hydrogen-bond donors (Lipinski definition) is 1. The molecule has 1 aromatic carbocycles. The van der Waals surface area contributed by atoms with Gasteiger partial charge in [-0.25, -0.2) is 8.42 Å². The van der Waals surface area contributed by atoms with E-state index in [-0.39, 0.29) is 11.4 Å². The van der Waals surface area contributed by atoms with Gasteiger partial charge < -0.3 is 0 Å². The molecule has 0 aliphatic heterocycles. The lowest BCUT2D eigenvalue weighted by Crippen LogP contribution is -2.24. The minimum Gasteiger partial charge on any atom is -0.282 e. The minimum absolute atomic E-state index is 0.122. The maximum absolute atomic E-state index is 11.6. The Kier molecular flexibility index (Phi) is 3.88. The van der Waals surface area contributed by atoms with E-state index in [1.165, 1.54) is 25.1 Å². The van der Waals surface area contributed by atoms with Gasteiger partial charge >= 0.3 is 0 Å². The van der Waals surface area contributed by atoms with E-state index in [0.29, 0.717) is 5.56 Å². The zero-order chi connectivity index (χ0) is 13.9. The summed E-state index contributed by atoms with van der Waals surface area (Å²) in [7, 11) is -3.80. The van der Waals surface area contributed by atoms with Gasteiger partial charge in [-0.1, -0.05) is 0 Å². The number of hydrogen-bond acceptors (Lipinski definition) is 5. The maximum atomic E-state index is 11.6. The monoisotopic (exact) mass is 269 g/mol. The summed E-state index contributed by atoms with van der Waals surface area (Å²) < 4.78 is 25.5. The lowest BCUT2D eigenvalue weighted by molar-refractivity contribution is -0.384. The normalized spacial score (nSPS) is 12.5. The molecule has 1 N–H and O–H groups in total. The van der Waals surface area contributed by atoms with Crippen molar-refractivity contribution in [2.75, 3.05) is 4.72 Å². The summed E-state index contributed by atoms with van der Waals surface area (Å²) in [5.74, 6) is 0. The van der Waals surface area contributed by atoms with Crippen LogP contribution >= 0.6 is 0 Å². The Morgan fingerprint density at radius 3 is 2.56 bits per heavy atom. The van der Waals surface area contributed by atoms with Crippen molar-refractivity contribution in [2.24, 2.45) is 0 Å². The predicted molar refractivity (Wildman–Crippen MR) is 65.5 cm³/mol. The van der Waals surface area contributed by atoms with E-state index in [0.717, 1.165) is 0 Å². The predicted octanol–water partition coefficient (Wildman–Crippen LogP) is 1.56. The average molecular weight is 269 g/mol. The van der Waals surface area contributed by atoms with Gasteiger partial charge in [0.1, 0.15) is 0 Å². The SMILES string of the molecule is Cc1cc([N+](=O)[O-])ccc1NS(=O)(=O)C(C)C#N. The molecule has 8 heteroatoms. The lowest BCUT2D eigenvalue weighted by Gasteiger charge is -2.11. The third-order valence-electron chi connectivity index (χ3n) is 2.32. The third kappa shape index (κ3) is 2.95. The van der Waals surface area contributed by atoms with Gasteiger partial charge in [0.15, 0.2) is 5.25 Å². The molecule has 0 radical (unpaired) electrons. The van der Waals surface area contributed by atoms with Crippen LogP contribution in [-0.2, 0) is 10.0 Å². The van der Waals surface area contributed by atoms with Crippen LogP contribution in [0.1, 0.15) is 12.5 Å². The Balaban J connectivity index is 3.08. The van der Waals surface area contributed by atoms with E-state index >= 15 is 0 Å². The van der Waals surface area contributed by atoms with Crippen molar-refractivity contribution in [1.29, 1.82) is 5.26 Å². The second-order valence-electron chi connectivity index (χ2n) is 3.67. The average Bonchev–Trinajstić information content (AvgIpc) is 2.30. The number of nitro benzene ring substituents is 1. The fourth-order valence-electron chi connectivity index (χ4n) is 1.19. The highest BCUT2D eigenvalue weighted by Gasteiger charge is 2.21.